The summed E-state index contributed by atoms with van der Waals surface area (Å²) in [5.74, 6) is 7.14. The monoisotopic (exact) mass is 395 g/mol. The number of ether oxygens (including phenoxy) is 3. The van der Waals surface area contributed by atoms with E-state index in [9.17, 15) is 4.79 Å². The Kier molecular flexibility index (Phi) is 7.51. The summed E-state index contributed by atoms with van der Waals surface area (Å²) in [4.78, 5) is 12.8. The van der Waals surface area contributed by atoms with E-state index in [2.05, 4.69) is 11.8 Å². The summed E-state index contributed by atoms with van der Waals surface area (Å²) in [7, 11) is 1.63. The lowest BCUT2D eigenvalue weighted by molar-refractivity contribution is 0.0497. The normalized spacial score (nSPS) is 15.4. The fourth-order valence-electron chi connectivity index (χ4n) is 3.59. The van der Waals surface area contributed by atoms with Gasteiger partial charge >= 0.3 is 0 Å². The lowest BCUT2D eigenvalue weighted by Crippen LogP contribution is -2.26. The quantitative estimate of drug-likeness (QED) is 0.702. The molecule has 1 saturated heterocycles. The summed E-state index contributed by atoms with van der Waals surface area (Å²) >= 11 is 0. The summed E-state index contributed by atoms with van der Waals surface area (Å²) in [6, 6.07) is 11.4. The van der Waals surface area contributed by atoms with Gasteiger partial charge in [-0.1, -0.05) is 24.0 Å². The Hall–Kier alpha value is -2.55. The van der Waals surface area contributed by atoms with Crippen molar-refractivity contribution in [2.75, 3.05) is 33.5 Å². The average Bonchev–Trinajstić information content (AvgIpc) is 2.73. The van der Waals surface area contributed by atoms with Crippen molar-refractivity contribution in [1.29, 1.82) is 0 Å². The molecule has 1 fully saturated rings. The zero-order valence-corrected chi connectivity index (χ0v) is 17.4. The highest BCUT2D eigenvalue weighted by molar-refractivity contribution is 5.37. The second-order valence-electron chi connectivity index (χ2n) is 7.44. The highest BCUT2D eigenvalue weighted by atomic mass is 16.5. The molecule has 0 aliphatic carbocycles. The highest BCUT2D eigenvalue weighted by Gasteiger charge is 2.16. The van der Waals surface area contributed by atoms with Gasteiger partial charge < -0.3 is 18.8 Å². The molecule has 0 spiro atoms. The Morgan fingerprint density at radius 2 is 1.93 bits per heavy atom. The molecule has 5 nitrogen and oxygen atoms in total. The zero-order chi connectivity index (χ0) is 20.6. The molecule has 5 heteroatoms. The first-order valence-electron chi connectivity index (χ1n) is 10.1. The molecule has 0 unspecified atom stereocenters. The molecule has 1 aliphatic heterocycles. The Morgan fingerprint density at radius 1 is 1.21 bits per heavy atom. The third kappa shape index (κ3) is 5.72. The molecule has 3 rings (SSSR count). The zero-order valence-electron chi connectivity index (χ0n) is 17.4. The molecule has 1 aliphatic rings. The van der Waals surface area contributed by atoms with E-state index in [1.54, 1.807) is 17.7 Å². The number of pyridine rings is 1. The van der Waals surface area contributed by atoms with E-state index in [1.807, 2.05) is 44.2 Å². The van der Waals surface area contributed by atoms with Crippen molar-refractivity contribution in [3.05, 3.63) is 63.6 Å². The van der Waals surface area contributed by atoms with Crippen LogP contribution < -0.4 is 10.3 Å². The molecule has 0 saturated carbocycles. The summed E-state index contributed by atoms with van der Waals surface area (Å²) < 4.78 is 18.0. The fourth-order valence-corrected chi connectivity index (χ4v) is 3.59. The number of aromatic nitrogens is 1. The van der Waals surface area contributed by atoms with E-state index in [0.717, 1.165) is 42.9 Å². The van der Waals surface area contributed by atoms with E-state index < -0.39 is 0 Å². The first kappa shape index (κ1) is 21.2. The molecule has 1 atom stereocenters. The number of methoxy groups -OCH3 is 1. The minimum absolute atomic E-state index is 0.0524. The van der Waals surface area contributed by atoms with Crippen LogP contribution in [0.2, 0.25) is 0 Å². The van der Waals surface area contributed by atoms with Crippen molar-refractivity contribution in [3.63, 3.8) is 0 Å². The van der Waals surface area contributed by atoms with E-state index in [4.69, 9.17) is 14.2 Å². The first-order valence-corrected chi connectivity index (χ1v) is 10.1. The minimum atomic E-state index is -0.0759. The van der Waals surface area contributed by atoms with Gasteiger partial charge in [0.15, 0.2) is 0 Å². The van der Waals surface area contributed by atoms with Gasteiger partial charge in [0, 0.05) is 37.6 Å². The number of benzene rings is 1. The number of hydrogen-bond donors (Lipinski definition) is 0. The van der Waals surface area contributed by atoms with E-state index in [0.29, 0.717) is 24.9 Å². The van der Waals surface area contributed by atoms with Crippen molar-refractivity contribution >= 4 is 0 Å². The van der Waals surface area contributed by atoms with Gasteiger partial charge in [0.2, 0.25) is 0 Å². The van der Waals surface area contributed by atoms with Crippen LogP contribution in [-0.4, -0.2) is 38.1 Å². The fraction of sp³-hybridized carbons (Fsp3) is 0.458. The number of aryl methyl sites for hydroxylation is 1. The van der Waals surface area contributed by atoms with Gasteiger partial charge in [-0.3, -0.25) is 4.79 Å². The number of hydrogen-bond acceptors (Lipinski definition) is 4. The van der Waals surface area contributed by atoms with Crippen LogP contribution in [0.3, 0.4) is 0 Å². The number of nitrogens with zero attached hydrogens (tertiary/aromatic N) is 1. The Bertz CT molecular complexity index is 915. The van der Waals surface area contributed by atoms with Gasteiger partial charge in [-0.15, -0.1) is 0 Å². The summed E-state index contributed by atoms with van der Waals surface area (Å²) in [5.41, 5.74) is 2.82. The van der Waals surface area contributed by atoms with Crippen molar-refractivity contribution in [3.8, 4) is 17.6 Å². The second-order valence-corrected chi connectivity index (χ2v) is 7.44. The van der Waals surface area contributed by atoms with Gasteiger partial charge in [-0.25, -0.2) is 0 Å². The maximum absolute atomic E-state index is 12.8. The number of rotatable bonds is 6. The van der Waals surface area contributed by atoms with Crippen molar-refractivity contribution in [2.24, 2.45) is 5.92 Å². The Morgan fingerprint density at radius 3 is 2.59 bits per heavy atom. The van der Waals surface area contributed by atoms with Gasteiger partial charge in [-0.05, 0) is 56.4 Å². The molecule has 1 aromatic heterocycles. The first-order chi connectivity index (χ1) is 14.1. The van der Waals surface area contributed by atoms with Crippen LogP contribution in [0.15, 0.2) is 41.2 Å². The molecule has 2 heterocycles. The van der Waals surface area contributed by atoms with Crippen LogP contribution in [-0.2, 0) is 9.47 Å². The van der Waals surface area contributed by atoms with Crippen LogP contribution in [0.1, 0.15) is 42.6 Å². The summed E-state index contributed by atoms with van der Waals surface area (Å²) in [5, 5.41) is 0. The molecular formula is C24H29NO4. The van der Waals surface area contributed by atoms with Gasteiger partial charge in [-0.2, -0.15) is 0 Å². The highest BCUT2D eigenvalue weighted by Crippen LogP contribution is 2.22. The third-order valence-electron chi connectivity index (χ3n) is 5.29. The third-order valence-corrected chi connectivity index (χ3v) is 5.29. The maximum atomic E-state index is 12.8. The van der Waals surface area contributed by atoms with Crippen molar-refractivity contribution in [1.82, 2.24) is 4.57 Å². The lowest BCUT2D eigenvalue weighted by Gasteiger charge is -2.23. The van der Waals surface area contributed by atoms with Crippen LogP contribution >= 0.6 is 0 Å². The topological polar surface area (TPSA) is 49.7 Å². The van der Waals surface area contributed by atoms with Crippen LogP contribution in [0.4, 0.5) is 0 Å². The maximum Gasteiger partial charge on any atom is 0.254 e. The van der Waals surface area contributed by atoms with Crippen molar-refractivity contribution in [2.45, 2.75) is 32.7 Å². The lowest BCUT2D eigenvalue weighted by atomic mass is 10.0. The molecule has 29 heavy (non-hydrogen) atoms. The molecular weight excluding hydrogens is 366 g/mol. The Balaban J connectivity index is 1.71. The van der Waals surface area contributed by atoms with Crippen LogP contribution in [0.5, 0.6) is 5.75 Å². The van der Waals surface area contributed by atoms with E-state index >= 15 is 0 Å². The van der Waals surface area contributed by atoms with Crippen molar-refractivity contribution < 1.29 is 14.2 Å². The van der Waals surface area contributed by atoms with Gasteiger partial charge in [0.1, 0.15) is 12.4 Å². The second kappa shape index (κ2) is 10.3. The standard InChI is InChI=1S/C24H29NO4/c1-18-15-23(29-17-21-10-13-28-14-11-21)16-24(26)25(18)19(2)22-8-6-20(7-9-22)5-4-12-27-3/h6-9,15-16,19,21H,10-14,17H2,1-3H3/t19-/m1/s1. The molecule has 154 valence electrons. The predicted octanol–water partition coefficient (Wildman–Crippen LogP) is 3.57. The molecule has 1 aromatic carbocycles. The molecule has 0 bridgehead atoms. The smallest absolute Gasteiger partial charge is 0.254 e. The predicted molar refractivity (Wildman–Crippen MR) is 113 cm³/mol. The minimum Gasteiger partial charge on any atom is -0.493 e. The SMILES string of the molecule is COCC#Cc1ccc([C@@H](C)n2c(C)cc(OCC3CCOCC3)cc2=O)cc1. The van der Waals surface area contributed by atoms with E-state index in [1.165, 1.54) is 0 Å². The van der Waals surface area contributed by atoms with Crippen LogP contribution in [0, 0.1) is 24.7 Å². The average molecular weight is 395 g/mol. The molecule has 0 radical (unpaired) electrons. The molecule has 0 amide bonds. The summed E-state index contributed by atoms with van der Waals surface area (Å²) in [6.07, 6.45) is 2.03. The molecule has 2 aromatic rings. The Labute approximate surface area is 172 Å². The van der Waals surface area contributed by atoms with Gasteiger partial charge in [0.25, 0.3) is 5.56 Å². The largest absolute Gasteiger partial charge is 0.493 e. The summed E-state index contributed by atoms with van der Waals surface area (Å²) in [6.45, 7) is 6.61. The van der Waals surface area contributed by atoms with Gasteiger partial charge in [0.05, 0.1) is 12.6 Å². The molecule has 0 N–H and O–H groups in total. The van der Waals surface area contributed by atoms with Crippen LogP contribution in [0.25, 0.3) is 0 Å². The van der Waals surface area contributed by atoms with E-state index in [-0.39, 0.29) is 11.6 Å².